The Labute approximate surface area is 118 Å². The lowest BCUT2D eigenvalue weighted by atomic mass is 10.2. The third kappa shape index (κ3) is 3.17. The number of ether oxygens (including phenoxy) is 2. The van der Waals surface area contributed by atoms with E-state index in [0.29, 0.717) is 5.82 Å². The van der Waals surface area contributed by atoms with Gasteiger partial charge in [0, 0.05) is 18.3 Å². The van der Waals surface area contributed by atoms with Crippen LogP contribution in [0.4, 0.5) is 4.79 Å². The molecule has 0 amide bonds. The molecule has 2 rings (SSSR count). The fourth-order valence-electron chi connectivity index (χ4n) is 1.83. The monoisotopic (exact) mass is 274 g/mol. The lowest BCUT2D eigenvalue weighted by molar-refractivity contribution is 0.140. The van der Waals surface area contributed by atoms with Crippen molar-refractivity contribution in [1.82, 2.24) is 9.55 Å². The highest BCUT2D eigenvalue weighted by molar-refractivity contribution is 5.71. The Balaban J connectivity index is 1.99. The summed E-state index contributed by atoms with van der Waals surface area (Å²) in [5.74, 6) is 1.64. The summed E-state index contributed by atoms with van der Waals surface area (Å²) in [5.41, 5.74) is 0.908. The molecule has 0 aliphatic carbocycles. The van der Waals surface area contributed by atoms with E-state index >= 15 is 0 Å². The number of aromatic nitrogens is 2. The molecule has 2 aromatic rings. The Hall–Kier alpha value is -2.30. The first-order valence-corrected chi connectivity index (χ1v) is 6.45. The molecule has 0 aliphatic heterocycles. The highest BCUT2D eigenvalue weighted by atomic mass is 16.5. The average Bonchev–Trinajstić information content (AvgIpc) is 2.95. The maximum atomic E-state index is 12.0. The van der Waals surface area contributed by atoms with E-state index in [4.69, 9.17) is 9.47 Å². The van der Waals surface area contributed by atoms with Crippen molar-refractivity contribution in [2.45, 2.75) is 26.4 Å². The number of imidazole rings is 1. The van der Waals surface area contributed by atoms with Crippen molar-refractivity contribution in [3.8, 4) is 5.75 Å². The lowest BCUT2D eigenvalue weighted by Crippen LogP contribution is -2.16. The van der Waals surface area contributed by atoms with Gasteiger partial charge in [0.15, 0.2) is 0 Å². The minimum Gasteiger partial charge on any atom is -0.497 e. The van der Waals surface area contributed by atoms with Gasteiger partial charge in [-0.1, -0.05) is 26.0 Å². The molecule has 20 heavy (non-hydrogen) atoms. The zero-order chi connectivity index (χ0) is 14.5. The number of hydrogen-bond donors (Lipinski definition) is 0. The SMILES string of the molecule is COc1ccc(COC(=O)n2ccnc2C(C)C)cc1. The van der Waals surface area contributed by atoms with Crippen LogP contribution in [0.25, 0.3) is 0 Å². The first-order valence-electron chi connectivity index (χ1n) is 6.45. The molecule has 0 saturated carbocycles. The van der Waals surface area contributed by atoms with Crippen molar-refractivity contribution in [2.75, 3.05) is 7.11 Å². The molecule has 1 aromatic heterocycles. The van der Waals surface area contributed by atoms with Gasteiger partial charge >= 0.3 is 6.09 Å². The van der Waals surface area contributed by atoms with E-state index < -0.39 is 6.09 Å². The van der Waals surface area contributed by atoms with Crippen LogP contribution in [0.2, 0.25) is 0 Å². The second-order valence-electron chi connectivity index (χ2n) is 4.71. The van der Waals surface area contributed by atoms with Crippen LogP contribution in [0.3, 0.4) is 0 Å². The summed E-state index contributed by atoms with van der Waals surface area (Å²) in [6.45, 7) is 4.18. The van der Waals surface area contributed by atoms with Crippen molar-refractivity contribution in [2.24, 2.45) is 0 Å². The highest BCUT2D eigenvalue weighted by Crippen LogP contribution is 2.14. The standard InChI is InChI=1S/C15H18N2O3/c1-11(2)14-16-8-9-17(14)15(18)20-10-12-4-6-13(19-3)7-5-12/h4-9,11H,10H2,1-3H3. The van der Waals surface area contributed by atoms with Gasteiger partial charge in [-0.2, -0.15) is 0 Å². The van der Waals surface area contributed by atoms with Gasteiger partial charge in [-0.15, -0.1) is 0 Å². The van der Waals surface area contributed by atoms with Crippen LogP contribution in [-0.2, 0) is 11.3 Å². The second kappa shape index (κ2) is 6.23. The molecule has 0 fully saturated rings. The maximum absolute atomic E-state index is 12.0. The highest BCUT2D eigenvalue weighted by Gasteiger charge is 2.14. The Kier molecular flexibility index (Phi) is 4.40. The summed E-state index contributed by atoms with van der Waals surface area (Å²) in [6.07, 6.45) is 2.80. The van der Waals surface area contributed by atoms with Crippen molar-refractivity contribution in [1.29, 1.82) is 0 Å². The van der Waals surface area contributed by atoms with Crippen molar-refractivity contribution < 1.29 is 14.3 Å². The number of methoxy groups -OCH3 is 1. The number of benzene rings is 1. The zero-order valence-corrected chi connectivity index (χ0v) is 11.9. The van der Waals surface area contributed by atoms with E-state index in [-0.39, 0.29) is 12.5 Å². The summed E-state index contributed by atoms with van der Waals surface area (Å²) in [6, 6.07) is 7.40. The minimum absolute atomic E-state index is 0.165. The predicted molar refractivity (Wildman–Crippen MR) is 74.9 cm³/mol. The zero-order valence-electron chi connectivity index (χ0n) is 11.9. The summed E-state index contributed by atoms with van der Waals surface area (Å²) in [4.78, 5) is 16.2. The van der Waals surface area contributed by atoms with Crippen LogP contribution in [0.15, 0.2) is 36.7 Å². The van der Waals surface area contributed by atoms with Gasteiger partial charge in [0.05, 0.1) is 7.11 Å². The fraction of sp³-hybridized carbons (Fsp3) is 0.333. The molecule has 0 aliphatic rings. The molecule has 0 atom stereocenters. The number of hydrogen-bond acceptors (Lipinski definition) is 4. The fourth-order valence-corrected chi connectivity index (χ4v) is 1.83. The van der Waals surface area contributed by atoms with E-state index in [2.05, 4.69) is 4.98 Å². The van der Waals surface area contributed by atoms with Crippen molar-refractivity contribution in [3.05, 3.63) is 48.0 Å². The summed E-state index contributed by atoms with van der Waals surface area (Å²) in [7, 11) is 1.61. The first-order chi connectivity index (χ1) is 9.61. The molecule has 0 spiro atoms. The van der Waals surface area contributed by atoms with Gasteiger partial charge in [-0.25, -0.2) is 14.3 Å². The average molecular weight is 274 g/mol. The summed E-state index contributed by atoms with van der Waals surface area (Å²) < 4.78 is 11.8. The summed E-state index contributed by atoms with van der Waals surface area (Å²) in [5, 5.41) is 0. The van der Waals surface area contributed by atoms with E-state index in [1.807, 2.05) is 38.1 Å². The Bertz CT molecular complexity index is 573. The maximum Gasteiger partial charge on any atom is 0.419 e. The van der Waals surface area contributed by atoms with Crippen LogP contribution < -0.4 is 4.74 Å². The molecule has 5 nitrogen and oxygen atoms in total. The number of rotatable bonds is 4. The molecule has 0 N–H and O–H groups in total. The number of carbonyl (C=O) groups excluding carboxylic acids is 1. The molecule has 106 valence electrons. The predicted octanol–water partition coefficient (Wildman–Crippen LogP) is 3.20. The molecule has 0 radical (unpaired) electrons. The van der Waals surface area contributed by atoms with Gasteiger partial charge in [0.2, 0.25) is 0 Å². The normalized spacial score (nSPS) is 10.6. The van der Waals surface area contributed by atoms with Gasteiger partial charge in [-0.3, -0.25) is 0 Å². The lowest BCUT2D eigenvalue weighted by Gasteiger charge is -2.10. The van der Waals surface area contributed by atoms with Gasteiger partial charge < -0.3 is 9.47 Å². The van der Waals surface area contributed by atoms with Crippen molar-refractivity contribution in [3.63, 3.8) is 0 Å². The molecule has 0 bridgehead atoms. The van der Waals surface area contributed by atoms with E-state index in [1.54, 1.807) is 19.5 Å². The van der Waals surface area contributed by atoms with Gasteiger partial charge in [-0.05, 0) is 17.7 Å². The van der Waals surface area contributed by atoms with Crippen LogP contribution in [0, 0.1) is 0 Å². The summed E-state index contributed by atoms with van der Waals surface area (Å²) >= 11 is 0. The Morgan fingerprint density at radius 1 is 1.30 bits per heavy atom. The smallest absolute Gasteiger partial charge is 0.419 e. The van der Waals surface area contributed by atoms with Crippen molar-refractivity contribution >= 4 is 6.09 Å². The molecule has 0 unspecified atom stereocenters. The molecule has 0 saturated heterocycles. The van der Waals surface area contributed by atoms with Gasteiger partial charge in [0.25, 0.3) is 0 Å². The third-order valence-electron chi connectivity index (χ3n) is 2.90. The van der Waals surface area contributed by atoms with E-state index in [1.165, 1.54) is 4.57 Å². The van der Waals surface area contributed by atoms with Crippen LogP contribution in [-0.4, -0.2) is 22.8 Å². The largest absolute Gasteiger partial charge is 0.497 e. The van der Waals surface area contributed by atoms with Crippen LogP contribution >= 0.6 is 0 Å². The van der Waals surface area contributed by atoms with Crippen LogP contribution in [0.1, 0.15) is 31.2 Å². The topological polar surface area (TPSA) is 53.4 Å². The van der Waals surface area contributed by atoms with Gasteiger partial charge in [0.1, 0.15) is 18.2 Å². The minimum atomic E-state index is -0.415. The third-order valence-corrected chi connectivity index (χ3v) is 2.90. The molecular weight excluding hydrogens is 256 g/mol. The molecule has 5 heteroatoms. The molecule has 1 heterocycles. The molecular formula is C15H18N2O3. The van der Waals surface area contributed by atoms with E-state index in [9.17, 15) is 4.79 Å². The second-order valence-corrected chi connectivity index (χ2v) is 4.71. The quantitative estimate of drug-likeness (QED) is 0.859. The Morgan fingerprint density at radius 3 is 2.60 bits per heavy atom. The van der Waals surface area contributed by atoms with E-state index in [0.717, 1.165) is 11.3 Å². The van der Waals surface area contributed by atoms with Crippen LogP contribution in [0.5, 0.6) is 5.75 Å². The number of nitrogens with zero attached hydrogens (tertiary/aromatic N) is 2. The number of carbonyl (C=O) groups is 1. The first kappa shape index (κ1) is 14.1. The molecule has 1 aromatic carbocycles. The Morgan fingerprint density at radius 2 is 2.00 bits per heavy atom.